The number of carbonyl (C=O) groups is 1. The first kappa shape index (κ1) is 16.7. The molecule has 0 aliphatic carbocycles. The molecule has 2 fully saturated rings. The van der Waals surface area contributed by atoms with Gasteiger partial charge < -0.3 is 10.2 Å². The van der Waals surface area contributed by atoms with Crippen molar-refractivity contribution >= 4 is 17.4 Å². The molecule has 0 spiro atoms. The van der Waals surface area contributed by atoms with E-state index in [1.54, 1.807) is 0 Å². The van der Waals surface area contributed by atoms with Crippen LogP contribution < -0.4 is 5.32 Å². The number of hydrogen-bond donors (Lipinski definition) is 1. The quantitative estimate of drug-likeness (QED) is 0.923. The van der Waals surface area contributed by atoms with Crippen LogP contribution in [0.3, 0.4) is 0 Å². The van der Waals surface area contributed by atoms with Gasteiger partial charge in [0.25, 0.3) is 0 Å². The molecule has 23 heavy (non-hydrogen) atoms. The lowest BCUT2D eigenvalue weighted by molar-refractivity contribution is 0.109. The summed E-state index contributed by atoms with van der Waals surface area (Å²) in [7, 11) is 0. The molecule has 3 rings (SSSR count). The van der Waals surface area contributed by atoms with Crippen molar-refractivity contribution in [3.63, 3.8) is 0 Å². The lowest BCUT2D eigenvalue weighted by Crippen LogP contribution is -2.54. The van der Waals surface area contributed by atoms with Crippen LogP contribution in [0, 0.1) is 0 Å². The minimum Gasteiger partial charge on any atom is -0.338 e. The summed E-state index contributed by atoms with van der Waals surface area (Å²) < 4.78 is 0. The van der Waals surface area contributed by atoms with E-state index >= 15 is 0 Å². The number of carbonyl (C=O) groups excluding carboxylic acids is 1. The molecule has 1 aromatic heterocycles. The molecule has 3 heterocycles. The van der Waals surface area contributed by atoms with Crippen LogP contribution in [-0.2, 0) is 12.0 Å². The molecule has 128 valence electrons. The molecule has 0 saturated carbocycles. The molecule has 0 aromatic carbocycles. The molecule has 2 amide bonds. The van der Waals surface area contributed by atoms with Crippen molar-refractivity contribution in [3.8, 4) is 0 Å². The normalized spacial score (nSPS) is 21.5. The third kappa shape index (κ3) is 4.04. The third-order valence-corrected chi connectivity index (χ3v) is 6.17. The second kappa shape index (κ2) is 6.77. The Balaban J connectivity index is 1.51. The predicted molar refractivity (Wildman–Crippen MR) is 93.8 cm³/mol. The van der Waals surface area contributed by atoms with Gasteiger partial charge in [-0.1, -0.05) is 20.8 Å². The predicted octanol–water partition coefficient (Wildman–Crippen LogP) is 2.82. The van der Waals surface area contributed by atoms with E-state index in [0.29, 0.717) is 6.04 Å². The van der Waals surface area contributed by atoms with Gasteiger partial charge in [0.2, 0.25) is 0 Å². The number of hydrogen-bond acceptors (Lipinski definition) is 4. The third-order valence-electron chi connectivity index (χ3n) is 4.76. The highest BCUT2D eigenvalue weighted by atomic mass is 32.1. The van der Waals surface area contributed by atoms with Crippen LogP contribution >= 0.6 is 11.3 Å². The second-order valence-corrected chi connectivity index (χ2v) is 8.77. The number of thiazole rings is 1. The molecule has 0 bridgehead atoms. The first-order chi connectivity index (χ1) is 10.9. The van der Waals surface area contributed by atoms with E-state index in [1.165, 1.54) is 9.88 Å². The standard InChI is InChI=1S/C17H28N4OS/c1-17(2,3)14-11-19-15(23-14)12-20-9-5-13(6-10-20)21-8-4-7-18-16(21)22/h11,13H,4-10,12H2,1-3H3,(H,18,22). The molecular weight excluding hydrogens is 308 g/mol. The van der Waals surface area contributed by atoms with Crippen LogP contribution in [0.5, 0.6) is 0 Å². The van der Waals surface area contributed by atoms with Crippen LogP contribution in [0.1, 0.15) is 49.9 Å². The number of aromatic nitrogens is 1. The molecule has 2 aliphatic rings. The van der Waals surface area contributed by atoms with E-state index < -0.39 is 0 Å². The first-order valence-electron chi connectivity index (χ1n) is 8.65. The monoisotopic (exact) mass is 336 g/mol. The summed E-state index contributed by atoms with van der Waals surface area (Å²) in [6, 6.07) is 0.539. The van der Waals surface area contributed by atoms with Crippen LogP contribution in [0.2, 0.25) is 0 Å². The largest absolute Gasteiger partial charge is 0.338 e. The molecule has 6 heteroatoms. The molecule has 5 nitrogen and oxygen atoms in total. The Bertz CT molecular complexity index is 543. The van der Waals surface area contributed by atoms with Crippen molar-refractivity contribution in [2.75, 3.05) is 26.2 Å². The maximum Gasteiger partial charge on any atom is 0.317 e. The number of amides is 2. The highest BCUT2D eigenvalue weighted by Gasteiger charge is 2.29. The van der Waals surface area contributed by atoms with Gasteiger partial charge in [-0.15, -0.1) is 11.3 Å². The highest BCUT2D eigenvalue weighted by molar-refractivity contribution is 7.11. The fraction of sp³-hybridized carbons (Fsp3) is 0.765. The van der Waals surface area contributed by atoms with Crippen molar-refractivity contribution in [2.45, 2.75) is 58.0 Å². The smallest absolute Gasteiger partial charge is 0.317 e. The number of nitrogens with one attached hydrogen (secondary N) is 1. The summed E-state index contributed by atoms with van der Waals surface area (Å²) in [5.74, 6) is 0. The van der Waals surface area contributed by atoms with E-state index in [2.05, 4.69) is 36.0 Å². The van der Waals surface area contributed by atoms with E-state index in [9.17, 15) is 4.79 Å². The van der Waals surface area contributed by atoms with Crippen molar-refractivity contribution in [1.82, 2.24) is 20.1 Å². The summed E-state index contributed by atoms with van der Waals surface area (Å²) in [5, 5.41) is 4.17. The second-order valence-electron chi connectivity index (χ2n) is 7.65. The molecule has 2 saturated heterocycles. The van der Waals surface area contributed by atoms with Crippen molar-refractivity contribution in [2.24, 2.45) is 0 Å². The Morgan fingerprint density at radius 1 is 1.30 bits per heavy atom. The Labute approximate surface area is 143 Å². The van der Waals surface area contributed by atoms with Gasteiger partial charge in [0.1, 0.15) is 5.01 Å². The van der Waals surface area contributed by atoms with Crippen molar-refractivity contribution in [3.05, 3.63) is 16.1 Å². The number of rotatable bonds is 3. The summed E-state index contributed by atoms with van der Waals surface area (Å²) in [4.78, 5) is 22.4. The summed E-state index contributed by atoms with van der Waals surface area (Å²) in [6.45, 7) is 11.5. The highest BCUT2D eigenvalue weighted by Crippen LogP contribution is 2.29. The average Bonchev–Trinajstić information content (AvgIpc) is 2.97. The fourth-order valence-corrected chi connectivity index (χ4v) is 4.32. The van der Waals surface area contributed by atoms with Gasteiger partial charge in [-0.25, -0.2) is 9.78 Å². The molecule has 2 aliphatic heterocycles. The molecule has 0 unspecified atom stereocenters. The molecule has 1 N–H and O–H groups in total. The van der Waals surface area contributed by atoms with Crippen molar-refractivity contribution in [1.29, 1.82) is 0 Å². The fourth-order valence-electron chi connectivity index (χ4n) is 3.31. The summed E-state index contributed by atoms with van der Waals surface area (Å²) >= 11 is 1.84. The summed E-state index contributed by atoms with van der Waals surface area (Å²) in [6.07, 6.45) is 5.25. The van der Waals surface area contributed by atoms with Gasteiger partial charge in [-0.3, -0.25) is 4.90 Å². The zero-order valence-electron chi connectivity index (χ0n) is 14.5. The minimum absolute atomic E-state index is 0.129. The maximum atomic E-state index is 12.0. The van der Waals surface area contributed by atoms with Crippen molar-refractivity contribution < 1.29 is 4.79 Å². The van der Waals surface area contributed by atoms with Gasteiger partial charge >= 0.3 is 6.03 Å². The molecular formula is C17H28N4OS. The van der Waals surface area contributed by atoms with Crippen LogP contribution in [-0.4, -0.2) is 53.0 Å². The maximum absolute atomic E-state index is 12.0. The van der Waals surface area contributed by atoms with Crippen LogP contribution in [0.15, 0.2) is 6.20 Å². The zero-order valence-corrected chi connectivity index (χ0v) is 15.3. The zero-order chi connectivity index (χ0) is 16.4. The van der Waals surface area contributed by atoms with Gasteiger partial charge in [-0.2, -0.15) is 0 Å². The number of nitrogens with zero attached hydrogens (tertiary/aromatic N) is 3. The topological polar surface area (TPSA) is 48.5 Å². The van der Waals surface area contributed by atoms with Crippen LogP contribution in [0.4, 0.5) is 4.79 Å². The Morgan fingerprint density at radius 3 is 2.65 bits per heavy atom. The molecule has 1 aromatic rings. The van der Waals surface area contributed by atoms with E-state index in [-0.39, 0.29) is 11.4 Å². The molecule has 0 atom stereocenters. The number of piperidine rings is 1. The van der Waals surface area contributed by atoms with E-state index in [0.717, 1.165) is 52.0 Å². The minimum atomic E-state index is 0.129. The lowest BCUT2D eigenvalue weighted by atomic mass is 9.96. The van der Waals surface area contributed by atoms with Gasteiger partial charge in [0, 0.05) is 43.3 Å². The van der Waals surface area contributed by atoms with Gasteiger partial charge in [0.05, 0.1) is 6.54 Å². The van der Waals surface area contributed by atoms with E-state index in [4.69, 9.17) is 0 Å². The van der Waals surface area contributed by atoms with E-state index in [1.807, 2.05) is 22.4 Å². The first-order valence-corrected chi connectivity index (χ1v) is 9.47. The lowest BCUT2D eigenvalue weighted by Gasteiger charge is -2.40. The SMILES string of the molecule is CC(C)(C)c1cnc(CN2CCC(N3CCCNC3=O)CC2)s1. The van der Waals surface area contributed by atoms with Gasteiger partial charge in [-0.05, 0) is 24.7 Å². The van der Waals surface area contributed by atoms with Gasteiger partial charge in [0.15, 0.2) is 0 Å². The van der Waals surface area contributed by atoms with Crippen LogP contribution in [0.25, 0.3) is 0 Å². The molecule has 0 radical (unpaired) electrons. The number of urea groups is 1. The average molecular weight is 337 g/mol. The summed E-state index contributed by atoms with van der Waals surface area (Å²) in [5.41, 5.74) is 0.185. The Kier molecular flexibility index (Phi) is 4.92. The Hall–Kier alpha value is -1.14. The Morgan fingerprint density at radius 2 is 2.04 bits per heavy atom. The number of likely N-dealkylation sites (tertiary alicyclic amines) is 1.